The Labute approximate surface area is 110 Å². The van der Waals surface area contributed by atoms with Gasteiger partial charge >= 0.3 is 0 Å². The number of hydrogen-bond acceptors (Lipinski definition) is 2. The van der Waals surface area contributed by atoms with Crippen LogP contribution in [-0.2, 0) is 6.54 Å². The fourth-order valence-electron chi connectivity index (χ4n) is 3.58. The van der Waals surface area contributed by atoms with Gasteiger partial charge in [0.1, 0.15) is 0 Å². The molecule has 0 bridgehead atoms. The minimum atomic E-state index is 0.436. The second kappa shape index (κ2) is 5.41. The Morgan fingerprint density at radius 1 is 1.06 bits per heavy atom. The molecule has 0 aromatic heterocycles. The van der Waals surface area contributed by atoms with Crippen LogP contribution in [0.25, 0.3) is 0 Å². The van der Waals surface area contributed by atoms with Gasteiger partial charge in [-0.25, -0.2) is 0 Å². The van der Waals surface area contributed by atoms with Crippen LogP contribution in [0.1, 0.15) is 37.7 Å². The fraction of sp³-hybridized carbons (Fsp3) is 0.625. The standard InChI is InChI=1S/C16H24N2/c1-2-7-15(8-3-1)13-18-12-6-10-16(14-18)9-4-5-11-17-16/h1-3,7-8,17H,4-6,9-14H2/t16-/m1/s1. The van der Waals surface area contributed by atoms with Crippen molar-refractivity contribution in [3.63, 3.8) is 0 Å². The van der Waals surface area contributed by atoms with Gasteiger partial charge in [0, 0.05) is 18.6 Å². The molecule has 2 saturated heterocycles. The first-order valence-electron chi connectivity index (χ1n) is 7.38. The maximum Gasteiger partial charge on any atom is 0.0309 e. The van der Waals surface area contributed by atoms with Crippen molar-refractivity contribution in [2.45, 2.75) is 44.2 Å². The molecule has 3 rings (SSSR count). The molecule has 2 fully saturated rings. The van der Waals surface area contributed by atoms with Crippen LogP contribution >= 0.6 is 0 Å². The largest absolute Gasteiger partial charge is 0.310 e. The summed E-state index contributed by atoms with van der Waals surface area (Å²) in [4.78, 5) is 2.64. The smallest absolute Gasteiger partial charge is 0.0309 e. The molecule has 0 unspecified atom stereocenters. The molecule has 18 heavy (non-hydrogen) atoms. The van der Waals surface area contributed by atoms with E-state index in [4.69, 9.17) is 0 Å². The summed E-state index contributed by atoms with van der Waals surface area (Å²) in [6.07, 6.45) is 6.86. The first kappa shape index (κ1) is 12.2. The maximum absolute atomic E-state index is 3.81. The second-order valence-electron chi connectivity index (χ2n) is 5.96. The van der Waals surface area contributed by atoms with Crippen LogP contribution in [0.4, 0.5) is 0 Å². The van der Waals surface area contributed by atoms with Crippen molar-refractivity contribution >= 4 is 0 Å². The first-order chi connectivity index (χ1) is 8.86. The van der Waals surface area contributed by atoms with Crippen LogP contribution in [0.3, 0.4) is 0 Å². The fourth-order valence-corrected chi connectivity index (χ4v) is 3.58. The number of hydrogen-bond donors (Lipinski definition) is 1. The Balaban J connectivity index is 1.63. The number of nitrogens with zero attached hydrogens (tertiary/aromatic N) is 1. The molecule has 1 aromatic carbocycles. The van der Waals surface area contributed by atoms with Crippen LogP contribution in [0, 0.1) is 0 Å². The maximum atomic E-state index is 3.81. The summed E-state index contributed by atoms with van der Waals surface area (Å²) in [5.74, 6) is 0. The lowest BCUT2D eigenvalue weighted by Gasteiger charge is -2.46. The van der Waals surface area contributed by atoms with E-state index >= 15 is 0 Å². The molecule has 0 aliphatic carbocycles. The zero-order valence-electron chi connectivity index (χ0n) is 11.2. The highest BCUT2D eigenvalue weighted by Crippen LogP contribution is 2.29. The molecular formula is C16H24N2. The predicted octanol–water partition coefficient (Wildman–Crippen LogP) is 2.79. The third-order valence-corrected chi connectivity index (χ3v) is 4.49. The third-order valence-electron chi connectivity index (χ3n) is 4.49. The number of rotatable bonds is 2. The number of likely N-dealkylation sites (tertiary alicyclic amines) is 1. The van der Waals surface area contributed by atoms with Crippen molar-refractivity contribution in [3.8, 4) is 0 Å². The first-order valence-corrected chi connectivity index (χ1v) is 7.38. The van der Waals surface area contributed by atoms with Crippen LogP contribution in [0.5, 0.6) is 0 Å². The molecule has 2 heterocycles. The molecule has 1 aromatic rings. The van der Waals surface area contributed by atoms with Gasteiger partial charge in [0.15, 0.2) is 0 Å². The molecule has 1 N–H and O–H groups in total. The molecule has 0 radical (unpaired) electrons. The van der Waals surface area contributed by atoms with Crippen LogP contribution < -0.4 is 5.32 Å². The molecular weight excluding hydrogens is 220 g/mol. The van der Waals surface area contributed by atoms with E-state index in [-0.39, 0.29) is 0 Å². The minimum absolute atomic E-state index is 0.436. The van der Waals surface area contributed by atoms with E-state index in [1.54, 1.807) is 0 Å². The quantitative estimate of drug-likeness (QED) is 0.860. The van der Waals surface area contributed by atoms with Gasteiger partial charge in [-0.15, -0.1) is 0 Å². The molecule has 1 spiro atoms. The van der Waals surface area contributed by atoms with Crippen molar-refractivity contribution in [2.75, 3.05) is 19.6 Å². The van der Waals surface area contributed by atoms with Crippen molar-refractivity contribution in [2.24, 2.45) is 0 Å². The SMILES string of the molecule is c1ccc(CN2CCC[C@]3(CCCCN3)C2)cc1. The zero-order valence-corrected chi connectivity index (χ0v) is 11.2. The van der Waals surface area contributed by atoms with E-state index in [9.17, 15) is 0 Å². The summed E-state index contributed by atoms with van der Waals surface area (Å²) in [6.45, 7) is 4.84. The topological polar surface area (TPSA) is 15.3 Å². The Morgan fingerprint density at radius 3 is 2.67 bits per heavy atom. The van der Waals surface area contributed by atoms with Gasteiger partial charge in [0.05, 0.1) is 0 Å². The van der Waals surface area contributed by atoms with Crippen molar-refractivity contribution in [1.82, 2.24) is 10.2 Å². The van der Waals surface area contributed by atoms with Gasteiger partial charge in [-0.1, -0.05) is 36.8 Å². The van der Waals surface area contributed by atoms with Gasteiger partial charge in [-0.2, -0.15) is 0 Å². The van der Waals surface area contributed by atoms with E-state index in [0.29, 0.717) is 5.54 Å². The highest BCUT2D eigenvalue weighted by atomic mass is 15.2. The van der Waals surface area contributed by atoms with Gasteiger partial charge in [0.2, 0.25) is 0 Å². The van der Waals surface area contributed by atoms with Gasteiger partial charge in [-0.3, -0.25) is 4.90 Å². The molecule has 2 aliphatic rings. The summed E-state index contributed by atoms with van der Waals surface area (Å²) in [6, 6.07) is 10.9. The lowest BCUT2D eigenvalue weighted by Crippen LogP contribution is -2.58. The molecule has 98 valence electrons. The Kier molecular flexibility index (Phi) is 3.67. The summed E-state index contributed by atoms with van der Waals surface area (Å²) in [5.41, 5.74) is 1.89. The summed E-state index contributed by atoms with van der Waals surface area (Å²) < 4.78 is 0. The van der Waals surface area contributed by atoms with Crippen molar-refractivity contribution < 1.29 is 0 Å². The molecule has 2 heteroatoms. The average Bonchev–Trinajstić information content (AvgIpc) is 2.41. The number of benzene rings is 1. The lowest BCUT2D eigenvalue weighted by molar-refractivity contribution is 0.0937. The number of nitrogens with one attached hydrogen (secondary N) is 1. The summed E-state index contributed by atoms with van der Waals surface area (Å²) in [7, 11) is 0. The van der Waals surface area contributed by atoms with E-state index in [2.05, 4.69) is 40.5 Å². The Bertz CT molecular complexity index is 362. The summed E-state index contributed by atoms with van der Waals surface area (Å²) >= 11 is 0. The third kappa shape index (κ3) is 2.76. The Hall–Kier alpha value is -0.860. The molecule has 2 aliphatic heterocycles. The van der Waals surface area contributed by atoms with Crippen molar-refractivity contribution in [3.05, 3.63) is 35.9 Å². The van der Waals surface area contributed by atoms with Gasteiger partial charge in [0.25, 0.3) is 0 Å². The highest BCUT2D eigenvalue weighted by Gasteiger charge is 2.35. The molecule has 1 atom stereocenters. The van der Waals surface area contributed by atoms with E-state index in [1.807, 2.05) is 0 Å². The molecule has 0 amide bonds. The predicted molar refractivity (Wildman–Crippen MR) is 75.5 cm³/mol. The molecule has 2 nitrogen and oxygen atoms in total. The van der Waals surface area contributed by atoms with Gasteiger partial charge < -0.3 is 5.32 Å². The van der Waals surface area contributed by atoms with E-state index in [0.717, 1.165) is 6.54 Å². The van der Waals surface area contributed by atoms with Crippen LogP contribution in [0.2, 0.25) is 0 Å². The van der Waals surface area contributed by atoms with E-state index < -0.39 is 0 Å². The zero-order chi connectivity index (χ0) is 12.3. The highest BCUT2D eigenvalue weighted by molar-refractivity contribution is 5.15. The second-order valence-corrected chi connectivity index (χ2v) is 5.96. The lowest BCUT2D eigenvalue weighted by atomic mass is 9.81. The van der Waals surface area contributed by atoms with Crippen LogP contribution in [0.15, 0.2) is 30.3 Å². The molecule has 0 saturated carbocycles. The summed E-state index contributed by atoms with van der Waals surface area (Å²) in [5, 5.41) is 3.81. The Morgan fingerprint density at radius 2 is 1.89 bits per heavy atom. The average molecular weight is 244 g/mol. The van der Waals surface area contributed by atoms with E-state index in [1.165, 1.54) is 57.3 Å². The van der Waals surface area contributed by atoms with Gasteiger partial charge in [-0.05, 0) is 44.3 Å². The minimum Gasteiger partial charge on any atom is -0.310 e. The normalized spacial score (nSPS) is 29.6. The van der Waals surface area contributed by atoms with Crippen molar-refractivity contribution in [1.29, 1.82) is 0 Å². The monoisotopic (exact) mass is 244 g/mol. The number of piperidine rings is 2. The van der Waals surface area contributed by atoms with Crippen LogP contribution in [-0.4, -0.2) is 30.1 Å².